The maximum atomic E-state index is 10.6. The molecule has 0 unspecified atom stereocenters. The van der Waals surface area contributed by atoms with Crippen molar-refractivity contribution in [2.24, 2.45) is 0 Å². The first-order chi connectivity index (χ1) is 10.3. The van der Waals surface area contributed by atoms with Crippen molar-refractivity contribution in [3.63, 3.8) is 0 Å². The molecular formula is C17H27N3O. The highest BCUT2D eigenvalue weighted by Gasteiger charge is 2.32. The Kier molecular flexibility index (Phi) is 5.22. The number of aromatic nitrogens is 1. The minimum absolute atomic E-state index is 0.210. The highest BCUT2D eigenvalue weighted by molar-refractivity contribution is 5.09. The van der Waals surface area contributed by atoms with E-state index in [2.05, 4.69) is 26.9 Å². The molecule has 0 spiro atoms. The van der Waals surface area contributed by atoms with E-state index in [-0.39, 0.29) is 6.10 Å². The molecule has 0 amide bonds. The number of aliphatic hydroxyl groups is 1. The fourth-order valence-electron chi connectivity index (χ4n) is 3.73. The molecule has 0 saturated carbocycles. The van der Waals surface area contributed by atoms with Gasteiger partial charge in [0.1, 0.15) is 0 Å². The van der Waals surface area contributed by atoms with Gasteiger partial charge in [0.25, 0.3) is 0 Å². The van der Waals surface area contributed by atoms with Crippen molar-refractivity contribution in [2.45, 2.75) is 50.8 Å². The molecule has 2 aliphatic rings. The van der Waals surface area contributed by atoms with Crippen LogP contribution in [0.4, 0.5) is 0 Å². The van der Waals surface area contributed by atoms with Crippen molar-refractivity contribution in [1.82, 2.24) is 14.8 Å². The number of hydrogen-bond acceptors (Lipinski definition) is 4. The smallest absolute Gasteiger partial charge is 0.0822 e. The van der Waals surface area contributed by atoms with Crippen molar-refractivity contribution in [3.05, 3.63) is 30.1 Å². The minimum Gasteiger partial charge on any atom is -0.390 e. The van der Waals surface area contributed by atoms with Gasteiger partial charge >= 0.3 is 0 Å². The molecule has 2 fully saturated rings. The average molecular weight is 289 g/mol. The van der Waals surface area contributed by atoms with E-state index in [9.17, 15) is 5.11 Å². The van der Waals surface area contributed by atoms with Crippen LogP contribution < -0.4 is 0 Å². The lowest BCUT2D eigenvalue weighted by Crippen LogP contribution is -2.54. The summed E-state index contributed by atoms with van der Waals surface area (Å²) in [4.78, 5) is 8.97. The molecule has 3 rings (SSSR count). The Balaban J connectivity index is 1.54. The molecule has 116 valence electrons. The standard InChI is InChI=1S/C17H27N3O/c21-17-14-19(13-15-5-8-18-9-6-15)12-7-16(17)20-10-3-1-2-4-11-20/h5-6,8-9,16-17,21H,1-4,7,10-14H2/t16-,17-/m1/s1. The van der Waals surface area contributed by atoms with E-state index in [0.717, 1.165) is 26.1 Å². The van der Waals surface area contributed by atoms with Gasteiger partial charge in [0.15, 0.2) is 0 Å². The Morgan fingerprint density at radius 1 is 1.05 bits per heavy atom. The van der Waals surface area contributed by atoms with Gasteiger partial charge in [0.2, 0.25) is 0 Å². The predicted octanol–water partition coefficient (Wildman–Crippen LogP) is 1.89. The molecule has 1 aromatic heterocycles. The van der Waals surface area contributed by atoms with E-state index >= 15 is 0 Å². The van der Waals surface area contributed by atoms with Gasteiger partial charge in [-0.3, -0.25) is 14.8 Å². The number of rotatable bonds is 3. The second-order valence-corrected chi connectivity index (χ2v) is 6.46. The number of piperidine rings is 1. The highest BCUT2D eigenvalue weighted by Crippen LogP contribution is 2.22. The first-order valence-electron chi connectivity index (χ1n) is 8.36. The van der Waals surface area contributed by atoms with Gasteiger partial charge in [-0.15, -0.1) is 0 Å². The number of β-amino-alcohol motifs (C(OH)–C–C–N with tert-alkyl or cyclic N) is 1. The van der Waals surface area contributed by atoms with E-state index in [1.54, 1.807) is 0 Å². The Morgan fingerprint density at radius 2 is 1.76 bits per heavy atom. The van der Waals surface area contributed by atoms with Gasteiger partial charge < -0.3 is 5.11 Å². The predicted molar refractivity (Wildman–Crippen MR) is 84.0 cm³/mol. The molecule has 0 aliphatic carbocycles. The lowest BCUT2D eigenvalue weighted by Gasteiger charge is -2.41. The van der Waals surface area contributed by atoms with Crippen LogP contribution in [-0.4, -0.2) is 58.2 Å². The van der Waals surface area contributed by atoms with Crippen LogP contribution in [-0.2, 0) is 6.54 Å². The summed E-state index contributed by atoms with van der Waals surface area (Å²) in [5, 5.41) is 10.6. The summed E-state index contributed by atoms with van der Waals surface area (Å²) >= 11 is 0. The van der Waals surface area contributed by atoms with E-state index in [1.807, 2.05) is 12.4 Å². The molecule has 21 heavy (non-hydrogen) atoms. The van der Waals surface area contributed by atoms with E-state index in [1.165, 1.54) is 44.3 Å². The van der Waals surface area contributed by atoms with Gasteiger partial charge in [0, 0.05) is 38.1 Å². The maximum absolute atomic E-state index is 10.6. The van der Waals surface area contributed by atoms with Gasteiger partial charge in [-0.05, 0) is 50.0 Å². The second kappa shape index (κ2) is 7.34. The zero-order valence-electron chi connectivity index (χ0n) is 12.8. The fraction of sp³-hybridized carbons (Fsp3) is 0.706. The highest BCUT2D eigenvalue weighted by atomic mass is 16.3. The van der Waals surface area contributed by atoms with Crippen molar-refractivity contribution >= 4 is 0 Å². The van der Waals surface area contributed by atoms with Crippen LogP contribution in [0.15, 0.2) is 24.5 Å². The molecule has 2 atom stereocenters. The minimum atomic E-state index is -0.210. The molecule has 0 bridgehead atoms. The summed E-state index contributed by atoms with van der Waals surface area (Å²) in [5.74, 6) is 0. The van der Waals surface area contributed by atoms with Crippen molar-refractivity contribution < 1.29 is 5.11 Å². The zero-order valence-corrected chi connectivity index (χ0v) is 12.8. The molecule has 2 aliphatic heterocycles. The quantitative estimate of drug-likeness (QED) is 0.922. The van der Waals surface area contributed by atoms with Crippen molar-refractivity contribution in [1.29, 1.82) is 0 Å². The number of aliphatic hydroxyl groups excluding tert-OH is 1. The third-order valence-corrected chi connectivity index (χ3v) is 4.90. The second-order valence-electron chi connectivity index (χ2n) is 6.46. The first kappa shape index (κ1) is 14.9. The molecule has 1 N–H and O–H groups in total. The first-order valence-corrected chi connectivity index (χ1v) is 8.36. The van der Waals surface area contributed by atoms with Crippen LogP contribution in [0.3, 0.4) is 0 Å². The zero-order chi connectivity index (χ0) is 14.5. The van der Waals surface area contributed by atoms with Gasteiger partial charge in [-0.25, -0.2) is 0 Å². The monoisotopic (exact) mass is 289 g/mol. The SMILES string of the molecule is O[C@@H]1CN(Cc2ccncc2)CC[C@H]1N1CCCCCC1. The summed E-state index contributed by atoms with van der Waals surface area (Å²) in [6.45, 7) is 5.15. The van der Waals surface area contributed by atoms with Crippen LogP contribution in [0.5, 0.6) is 0 Å². The molecule has 0 radical (unpaired) electrons. The molecule has 1 aromatic rings. The molecule has 4 heteroatoms. The third-order valence-electron chi connectivity index (χ3n) is 4.90. The molecular weight excluding hydrogens is 262 g/mol. The summed E-state index contributed by atoms with van der Waals surface area (Å²) in [6, 6.07) is 4.50. The lowest BCUT2D eigenvalue weighted by atomic mass is 9.99. The van der Waals surface area contributed by atoms with E-state index in [4.69, 9.17) is 0 Å². The van der Waals surface area contributed by atoms with Gasteiger partial charge in [-0.2, -0.15) is 0 Å². The Bertz CT molecular complexity index is 417. The van der Waals surface area contributed by atoms with Crippen LogP contribution in [0, 0.1) is 0 Å². The summed E-state index contributed by atoms with van der Waals surface area (Å²) in [5.41, 5.74) is 1.28. The molecule has 3 heterocycles. The van der Waals surface area contributed by atoms with Crippen LogP contribution in [0.1, 0.15) is 37.7 Å². The fourth-order valence-corrected chi connectivity index (χ4v) is 3.73. The topological polar surface area (TPSA) is 39.6 Å². The molecule has 0 aromatic carbocycles. The normalized spacial score (nSPS) is 29.2. The number of pyridine rings is 1. The number of likely N-dealkylation sites (tertiary alicyclic amines) is 2. The molecule has 4 nitrogen and oxygen atoms in total. The lowest BCUT2D eigenvalue weighted by molar-refractivity contribution is -0.0144. The van der Waals surface area contributed by atoms with Crippen molar-refractivity contribution in [3.8, 4) is 0 Å². The molecule has 2 saturated heterocycles. The van der Waals surface area contributed by atoms with Crippen molar-refractivity contribution in [2.75, 3.05) is 26.2 Å². The van der Waals surface area contributed by atoms with Gasteiger partial charge in [-0.1, -0.05) is 12.8 Å². The van der Waals surface area contributed by atoms with E-state index < -0.39 is 0 Å². The third kappa shape index (κ3) is 4.02. The Morgan fingerprint density at radius 3 is 2.43 bits per heavy atom. The Labute approximate surface area is 127 Å². The number of hydrogen-bond donors (Lipinski definition) is 1. The van der Waals surface area contributed by atoms with Gasteiger partial charge in [0.05, 0.1) is 6.10 Å². The van der Waals surface area contributed by atoms with E-state index in [0.29, 0.717) is 6.04 Å². The summed E-state index contributed by atoms with van der Waals surface area (Å²) in [7, 11) is 0. The summed E-state index contributed by atoms with van der Waals surface area (Å²) in [6.07, 6.45) is 9.87. The number of nitrogens with zero attached hydrogens (tertiary/aromatic N) is 3. The van der Waals surface area contributed by atoms with Crippen LogP contribution in [0.2, 0.25) is 0 Å². The Hall–Kier alpha value is -0.970. The average Bonchev–Trinajstić information content (AvgIpc) is 2.77. The largest absolute Gasteiger partial charge is 0.390 e. The summed E-state index contributed by atoms with van der Waals surface area (Å²) < 4.78 is 0. The van der Waals surface area contributed by atoms with Crippen LogP contribution in [0.25, 0.3) is 0 Å². The maximum Gasteiger partial charge on any atom is 0.0822 e. The van der Waals surface area contributed by atoms with Crippen LogP contribution >= 0.6 is 0 Å².